The summed E-state index contributed by atoms with van der Waals surface area (Å²) in [6, 6.07) is 18.9. The van der Waals surface area contributed by atoms with Crippen molar-refractivity contribution in [2.75, 3.05) is 16.9 Å². The van der Waals surface area contributed by atoms with Crippen LogP contribution in [0.5, 0.6) is 11.5 Å². The summed E-state index contributed by atoms with van der Waals surface area (Å²) in [4.78, 5) is 50.7. The molecule has 1 heterocycles. The number of unbranched alkanes of at least 4 members (excludes halogenated alkanes) is 10. The van der Waals surface area contributed by atoms with E-state index in [0.717, 1.165) is 42.7 Å². The van der Waals surface area contributed by atoms with Crippen LogP contribution < -0.4 is 20.4 Å². The Hall–Kier alpha value is -5.12. The van der Waals surface area contributed by atoms with Crippen molar-refractivity contribution in [3.05, 3.63) is 81.8 Å². The molecule has 4 rings (SSSR count). The number of phenolic OH excluding ortho intramolecular Hbond substituents is 1. The molecule has 14 heteroatoms. The lowest BCUT2D eigenvalue weighted by atomic mass is 9.78. The van der Waals surface area contributed by atoms with Crippen LogP contribution in [0.4, 0.5) is 11.4 Å². The van der Waals surface area contributed by atoms with Gasteiger partial charge in [-0.2, -0.15) is 15.4 Å². The van der Waals surface area contributed by atoms with E-state index in [1.807, 2.05) is 13.8 Å². The number of halogens is 2. The standard InChI is InChI=1S/C28H38N2O3.C22H29Cl2N3O4/c1-3-4-5-6-7-8-9-10-11-12-17-27(33-26-16-14-13-15-23(26)21-29)28(32)30-24-19-18-22(2)25(31)20-24;1-5-7-10-31-20(29)14(3)13-22(4,6-2)21(30)25-18-12-19(28)27(26-18)17-11-15(23)8-9-16(17)24/h13-16,18-20,27,31H,3-12,17H2,1-2H3,(H,30,32);8-9,11,14H,5-7,10,12-13H2,1-4H3,(H,25,26,30). The molecule has 3 N–H and O–H groups in total. The number of hydrazone groups is 1. The van der Waals surface area contributed by atoms with Crippen LogP contribution in [-0.2, 0) is 23.9 Å². The maximum absolute atomic E-state index is 13.0. The van der Waals surface area contributed by atoms with E-state index in [-0.39, 0.29) is 41.7 Å². The largest absolute Gasteiger partial charge is 0.508 e. The number of ether oxygens (including phenoxy) is 2. The molecular weight excluding hydrogens is 853 g/mol. The van der Waals surface area contributed by atoms with Gasteiger partial charge in [0.15, 0.2) is 6.10 Å². The summed E-state index contributed by atoms with van der Waals surface area (Å²) in [5.41, 5.74) is 1.20. The van der Waals surface area contributed by atoms with Gasteiger partial charge in [-0.1, -0.05) is 140 Å². The molecule has 0 saturated carbocycles. The van der Waals surface area contributed by atoms with Crippen molar-refractivity contribution in [1.29, 1.82) is 5.26 Å². The van der Waals surface area contributed by atoms with Gasteiger partial charge in [0, 0.05) is 22.2 Å². The number of rotatable bonds is 24. The highest BCUT2D eigenvalue weighted by molar-refractivity contribution is 6.36. The normalized spacial score (nSPS) is 14.0. The first-order chi connectivity index (χ1) is 30.7. The second-order valence-corrected chi connectivity index (χ2v) is 17.5. The molecule has 64 heavy (non-hydrogen) atoms. The minimum Gasteiger partial charge on any atom is -0.508 e. The molecule has 3 unspecified atom stereocenters. The fraction of sp³-hybridized carbons (Fsp3) is 0.520. The number of nitriles is 1. The fourth-order valence-corrected chi connectivity index (χ4v) is 7.38. The van der Waals surface area contributed by atoms with E-state index in [0.29, 0.717) is 58.6 Å². The Morgan fingerprint density at radius 3 is 2.20 bits per heavy atom. The second-order valence-electron chi connectivity index (χ2n) is 16.7. The average Bonchev–Trinajstić information content (AvgIpc) is 3.64. The molecule has 3 aromatic rings. The highest BCUT2D eigenvalue weighted by atomic mass is 35.5. The molecular formula is C50H67Cl2N5O7. The van der Waals surface area contributed by atoms with Crippen LogP contribution in [-0.4, -0.2) is 47.3 Å². The molecule has 12 nitrogen and oxygen atoms in total. The van der Waals surface area contributed by atoms with Gasteiger partial charge in [0.25, 0.3) is 11.8 Å². The van der Waals surface area contributed by atoms with Crippen molar-refractivity contribution < 1.29 is 33.8 Å². The van der Waals surface area contributed by atoms with Gasteiger partial charge in [-0.3, -0.25) is 19.2 Å². The third-order valence-corrected chi connectivity index (χ3v) is 11.8. The number of para-hydroxylation sites is 1. The number of esters is 1. The van der Waals surface area contributed by atoms with E-state index in [4.69, 9.17) is 32.7 Å². The Bertz CT molecular complexity index is 2070. The fourth-order valence-electron chi connectivity index (χ4n) is 7.02. The third-order valence-electron chi connectivity index (χ3n) is 11.3. The summed E-state index contributed by atoms with van der Waals surface area (Å²) in [6.45, 7) is 11.9. The molecule has 3 atom stereocenters. The number of carbonyl (C=O) groups excluding carboxylic acids is 4. The SMILES string of the molecule is CCCCCCCCCCCCC(Oc1ccccc1C#N)C(=O)Nc1ccc(C)c(O)c1.CCCCOC(=O)C(C)CC(C)(CC)C(=O)NC1=NN(c2cc(Cl)ccc2Cl)C(=O)C1. The Morgan fingerprint density at radius 2 is 1.56 bits per heavy atom. The first kappa shape index (κ1) is 53.2. The lowest BCUT2D eigenvalue weighted by Gasteiger charge is -2.29. The van der Waals surface area contributed by atoms with Crippen LogP contribution in [0.25, 0.3) is 0 Å². The second kappa shape index (κ2) is 27.9. The van der Waals surface area contributed by atoms with Crippen LogP contribution >= 0.6 is 23.2 Å². The minimum absolute atomic E-state index is 0.0665. The number of aryl methyl sites for hydroxylation is 1. The van der Waals surface area contributed by atoms with Crippen molar-refractivity contribution in [2.24, 2.45) is 16.4 Å². The highest BCUT2D eigenvalue weighted by Gasteiger charge is 2.37. The van der Waals surface area contributed by atoms with Crippen LogP contribution in [0.3, 0.4) is 0 Å². The van der Waals surface area contributed by atoms with Crippen molar-refractivity contribution in [3.63, 3.8) is 0 Å². The smallest absolute Gasteiger partial charge is 0.308 e. The summed E-state index contributed by atoms with van der Waals surface area (Å²) in [5.74, 6) is -0.864. The average molecular weight is 921 g/mol. The first-order valence-electron chi connectivity index (χ1n) is 22.8. The number of hydrogen-bond acceptors (Lipinski definition) is 9. The van der Waals surface area contributed by atoms with Crippen molar-refractivity contribution in [2.45, 2.75) is 150 Å². The lowest BCUT2D eigenvalue weighted by Crippen LogP contribution is -2.43. The van der Waals surface area contributed by atoms with Gasteiger partial charge < -0.3 is 25.2 Å². The van der Waals surface area contributed by atoms with Gasteiger partial charge in [-0.05, 0) is 81.0 Å². The highest BCUT2D eigenvalue weighted by Crippen LogP contribution is 2.34. The Morgan fingerprint density at radius 1 is 0.906 bits per heavy atom. The number of aromatic hydroxyl groups is 1. The first-order valence-corrected chi connectivity index (χ1v) is 23.5. The van der Waals surface area contributed by atoms with E-state index in [1.165, 1.54) is 57.1 Å². The molecule has 0 fully saturated rings. The number of carbonyl (C=O) groups is 4. The number of anilines is 2. The number of phenols is 1. The van der Waals surface area contributed by atoms with E-state index < -0.39 is 17.4 Å². The summed E-state index contributed by atoms with van der Waals surface area (Å²) in [6.07, 6.45) is 14.5. The summed E-state index contributed by atoms with van der Waals surface area (Å²) >= 11 is 12.2. The van der Waals surface area contributed by atoms with Gasteiger partial charge in [-0.15, -0.1) is 0 Å². The molecule has 0 aliphatic carbocycles. The molecule has 1 aliphatic rings. The van der Waals surface area contributed by atoms with Crippen LogP contribution in [0, 0.1) is 29.6 Å². The molecule has 0 spiro atoms. The molecule has 0 bridgehead atoms. The summed E-state index contributed by atoms with van der Waals surface area (Å²) in [5, 5.41) is 31.0. The van der Waals surface area contributed by atoms with Crippen molar-refractivity contribution >= 4 is 64.1 Å². The van der Waals surface area contributed by atoms with Crippen molar-refractivity contribution in [1.82, 2.24) is 5.32 Å². The molecule has 0 radical (unpaired) electrons. The van der Waals surface area contributed by atoms with Gasteiger partial charge in [-0.25, -0.2) is 0 Å². The number of amidine groups is 1. The van der Waals surface area contributed by atoms with Gasteiger partial charge in [0.1, 0.15) is 23.4 Å². The molecule has 0 saturated heterocycles. The topological polar surface area (TPSA) is 170 Å². The van der Waals surface area contributed by atoms with Crippen LogP contribution in [0.2, 0.25) is 10.0 Å². The quantitative estimate of drug-likeness (QED) is 0.0589. The molecule has 0 aromatic heterocycles. The van der Waals surface area contributed by atoms with Crippen LogP contribution in [0.15, 0.2) is 65.8 Å². The van der Waals surface area contributed by atoms with Crippen LogP contribution in [0.1, 0.15) is 148 Å². The summed E-state index contributed by atoms with van der Waals surface area (Å²) < 4.78 is 11.3. The van der Waals surface area contributed by atoms with E-state index in [1.54, 1.807) is 69.3 Å². The maximum Gasteiger partial charge on any atom is 0.308 e. The van der Waals surface area contributed by atoms with E-state index in [9.17, 15) is 29.5 Å². The summed E-state index contributed by atoms with van der Waals surface area (Å²) in [7, 11) is 0. The molecule has 3 amide bonds. The Kier molecular flexibility index (Phi) is 23.2. The predicted molar refractivity (Wildman–Crippen MR) is 256 cm³/mol. The zero-order chi connectivity index (χ0) is 47.1. The predicted octanol–water partition coefficient (Wildman–Crippen LogP) is 12.2. The number of nitrogens with zero attached hydrogens (tertiary/aromatic N) is 3. The molecule has 1 aliphatic heterocycles. The van der Waals surface area contributed by atoms with Gasteiger partial charge in [0.05, 0.1) is 35.2 Å². The third kappa shape index (κ3) is 17.5. The lowest BCUT2D eigenvalue weighted by molar-refractivity contribution is -0.149. The van der Waals surface area contributed by atoms with Crippen molar-refractivity contribution in [3.8, 4) is 17.6 Å². The monoisotopic (exact) mass is 919 g/mol. The van der Waals surface area contributed by atoms with E-state index in [2.05, 4.69) is 28.7 Å². The number of amides is 3. The Labute approximate surface area is 390 Å². The molecule has 348 valence electrons. The maximum atomic E-state index is 13.0. The Balaban J connectivity index is 0.000000341. The minimum atomic E-state index is -0.824. The number of nitrogens with one attached hydrogen (secondary N) is 2. The number of hydrogen-bond donors (Lipinski definition) is 3. The van der Waals surface area contributed by atoms with E-state index >= 15 is 0 Å². The zero-order valence-corrected chi connectivity index (χ0v) is 40.0. The zero-order valence-electron chi connectivity index (χ0n) is 38.4. The van der Waals surface area contributed by atoms with Gasteiger partial charge in [0.2, 0.25) is 5.91 Å². The number of benzene rings is 3. The van der Waals surface area contributed by atoms with Gasteiger partial charge >= 0.3 is 5.97 Å². The molecule has 3 aromatic carbocycles.